The maximum atomic E-state index is 5.63. The van der Waals surface area contributed by atoms with Gasteiger partial charge in [0.2, 0.25) is 0 Å². The molecule has 0 aromatic heterocycles. The van der Waals surface area contributed by atoms with Crippen LogP contribution in [0.3, 0.4) is 0 Å². The van der Waals surface area contributed by atoms with Crippen LogP contribution in [0, 0.1) is 0 Å². The molecule has 108 valence electrons. The Balaban J connectivity index is 2.20. The van der Waals surface area contributed by atoms with Gasteiger partial charge in [0.1, 0.15) is 5.75 Å². The fourth-order valence-electron chi connectivity index (χ4n) is 1.67. The first-order valence-corrected chi connectivity index (χ1v) is 7.46. The molecule has 0 bridgehead atoms. The van der Waals surface area contributed by atoms with E-state index in [1.807, 2.05) is 12.1 Å². The standard InChI is InChI=1S/C16H28N2O/c1-4-6-13-19-16-9-7-15(8-10-16)18-12-11-17-14(3)5-2/h7-10,14,17-18H,4-6,11-13H2,1-3H3. The third kappa shape index (κ3) is 7.06. The van der Waals surface area contributed by atoms with Gasteiger partial charge in [0.05, 0.1) is 6.61 Å². The van der Waals surface area contributed by atoms with Crippen LogP contribution in [-0.2, 0) is 0 Å². The van der Waals surface area contributed by atoms with E-state index >= 15 is 0 Å². The zero-order valence-corrected chi connectivity index (χ0v) is 12.5. The highest BCUT2D eigenvalue weighted by Gasteiger charge is 1.97. The number of benzene rings is 1. The van der Waals surface area contributed by atoms with E-state index in [2.05, 4.69) is 43.5 Å². The van der Waals surface area contributed by atoms with Gasteiger partial charge in [-0.15, -0.1) is 0 Å². The molecule has 0 saturated heterocycles. The third-order valence-electron chi connectivity index (χ3n) is 3.18. The number of hydrogen-bond acceptors (Lipinski definition) is 3. The zero-order chi connectivity index (χ0) is 13.9. The van der Waals surface area contributed by atoms with Crippen molar-refractivity contribution >= 4 is 5.69 Å². The van der Waals surface area contributed by atoms with Gasteiger partial charge < -0.3 is 15.4 Å². The van der Waals surface area contributed by atoms with Crippen LogP contribution in [0.25, 0.3) is 0 Å². The molecule has 3 nitrogen and oxygen atoms in total. The second-order valence-corrected chi connectivity index (χ2v) is 4.92. The second-order valence-electron chi connectivity index (χ2n) is 4.92. The van der Waals surface area contributed by atoms with Gasteiger partial charge in [-0.05, 0) is 44.0 Å². The summed E-state index contributed by atoms with van der Waals surface area (Å²) in [7, 11) is 0. The lowest BCUT2D eigenvalue weighted by atomic mass is 10.2. The molecule has 0 aliphatic heterocycles. The van der Waals surface area contributed by atoms with Crippen molar-refractivity contribution in [1.29, 1.82) is 0 Å². The minimum atomic E-state index is 0.594. The Bertz CT molecular complexity index is 324. The first-order chi connectivity index (χ1) is 9.26. The van der Waals surface area contributed by atoms with Crippen molar-refractivity contribution in [3.63, 3.8) is 0 Å². The van der Waals surface area contributed by atoms with Gasteiger partial charge in [0, 0.05) is 24.8 Å². The quantitative estimate of drug-likeness (QED) is 0.633. The van der Waals surface area contributed by atoms with Crippen molar-refractivity contribution in [3.05, 3.63) is 24.3 Å². The minimum absolute atomic E-state index is 0.594. The highest BCUT2D eigenvalue weighted by Crippen LogP contribution is 2.15. The molecule has 0 aliphatic carbocycles. The van der Waals surface area contributed by atoms with E-state index in [4.69, 9.17) is 4.74 Å². The van der Waals surface area contributed by atoms with Crippen molar-refractivity contribution in [1.82, 2.24) is 5.32 Å². The molecule has 2 N–H and O–H groups in total. The van der Waals surface area contributed by atoms with Gasteiger partial charge in [-0.1, -0.05) is 20.3 Å². The lowest BCUT2D eigenvalue weighted by molar-refractivity contribution is 0.309. The molecule has 0 fully saturated rings. The highest BCUT2D eigenvalue weighted by atomic mass is 16.5. The molecule has 1 rings (SSSR count). The molecule has 0 radical (unpaired) electrons. The predicted octanol–water partition coefficient (Wildman–Crippen LogP) is 3.67. The van der Waals surface area contributed by atoms with Crippen LogP contribution in [0.4, 0.5) is 5.69 Å². The Morgan fingerprint density at radius 2 is 1.84 bits per heavy atom. The highest BCUT2D eigenvalue weighted by molar-refractivity contribution is 5.46. The maximum Gasteiger partial charge on any atom is 0.119 e. The number of nitrogens with one attached hydrogen (secondary N) is 2. The van der Waals surface area contributed by atoms with Crippen LogP contribution in [0.1, 0.15) is 40.0 Å². The van der Waals surface area contributed by atoms with Gasteiger partial charge >= 0.3 is 0 Å². The number of hydrogen-bond donors (Lipinski definition) is 2. The van der Waals surface area contributed by atoms with E-state index in [0.717, 1.165) is 37.6 Å². The first kappa shape index (κ1) is 15.8. The van der Waals surface area contributed by atoms with Crippen LogP contribution in [-0.4, -0.2) is 25.7 Å². The lowest BCUT2D eigenvalue weighted by Crippen LogP contribution is -2.30. The van der Waals surface area contributed by atoms with E-state index in [1.54, 1.807) is 0 Å². The molecular weight excluding hydrogens is 236 g/mol. The number of ether oxygens (including phenoxy) is 1. The molecule has 0 saturated carbocycles. The third-order valence-corrected chi connectivity index (χ3v) is 3.18. The maximum absolute atomic E-state index is 5.63. The molecule has 0 amide bonds. The average Bonchev–Trinajstić information content (AvgIpc) is 2.45. The van der Waals surface area contributed by atoms with Crippen LogP contribution >= 0.6 is 0 Å². The molecule has 0 spiro atoms. The van der Waals surface area contributed by atoms with E-state index in [0.29, 0.717) is 6.04 Å². The van der Waals surface area contributed by atoms with Gasteiger partial charge in [0.25, 0.3) is 0 Å². The largest absolute Gasteiger partial charge is 0.494 e. The predicted molar refractivity (Wildman–Crippen MR) is 83.1 cm³/mol. The van der Waals surface area contributed by atoms with E-state index in [-0.39, 0.29) is 0 Å². The summed E-state index contributed by atoms with van der Waals surface area (Å²) in [6.07, 6.45) is 3.45. The summed E-state index contributed by atoms with van der Waals surface area (Å²) in [6, 6.07) is 8.80. The Labute approximate surface area is 117 Å². The summed E-state index contributed by atoms with van der Waals surface area (Å²) in [6.45, 7) is 9.32. The summed E-state index contributed by atoms with van der Waals surface area (Å²) in [5.74, 6) is 0.955. The Morgan fingerprint density at radius 1 is 1.11 bits per heavy atom. The molecule has 1 aromatic rings. The van der Waals surface area contributed by atoms with Crippen molar-refractivity contribution in [2.75, 3.05) is 25.0 Å². The Kier molecular flexibility index (Phi) is 8.07. The summed E-state index contributed by atoms with van der Waals surface area (Å²) in [4.78, 5) is 0. The van der Waals surface area contributed by atoms with E-state index < -0.39 is 0 Å². The molecule has 0 aliphatic rings. The minimum Gasteiger partial charge on any atom is -0.494 e. The lowest BCUT2D eigenvalue weighted by Gasteiger charge is -2.12. The Morgan fingerprint density at radius 3 is 2.47 bits per heavy atom. The number of anilines is 1. The summed E-state index contributed by atoms with van der Waals surface area (Å²) >= 11 is 0. The molecular formula is C16H28N2O. The van der Waals surface area contributed by atoms with Gasteiger partial charge in [0.15, 0.2) is 0 Å². The van der Waals surface area contributed by atoms with Crippen molar-refractivity contribution in [2.45, 2.75) is 46.1 Å². The normalized spacial score (nSPS) is 12.2. The van der Waals surface area contributed by atoms with E-state index in [9.17, 15) is 0 Å². The van der Waals surface area contributed by atoms with Crippen LogP contribution in [0.5, 0.6) is 5.75 Å². The van der Waals surface area contributed by atoms with Crippen LogP contribution < -0.4 is 15.4 Å². The number of rotatable bonds is 10. The Hall–Kier alpha value is -1.22. The van der Waals surface area contributed by atoms with Gasteiger partial charge in [-0.2, -0.15) is 0 Å². The average molecular weight is 264 g/mol. The van der Waals surface area contributed by atoms with Gasteiger partial charge in [-0.25, -0.2) is 0 Å². The topological polar surface area (TPSA) is 33.3 Å². The smallest absolute Gasteiger partial charge is 0.119 e. The molecule has 1 unspecified atom stereocenters. The monoisotopic (exact) mass is 264 g/mol. The SMILES string of the molecule is CCCCOc1ccc(NCCNC(C)CC)cc1. The van der Waals surface area contributed by atoms with Crippen molar-refractivity contribution in [3.8, 4) is 5.75 Å². The second kappa shape index (κ2) is 9.68. The van der Waals surface area contributed by atoms with Crippen LogP contribution in [0.2, 0.25) is 0 Å². The first-order valence-electron chi connectivity index (χ1n) is 7.46. The molecule has 19 heavy (non-hydrogen) atoms. The summed E-state index contributed by atoms with van der Waals surface area (Å²) in [5, 5.41) is 6.86. The van der Waals surface area contributed by atoms with E-state index in [1.165, 1.54) is 12.8 Å². The summed E-state index contributed by atoms with van der Waals surface area (Å²) in [5.41, 5.74) is 1.15. The molecule has 1 atom stereocenters. The summed E-state index contributed by atoms with van der Waals surface area (Å²) < 4.78 is 5.63. The fraction of sp³-hybridized carbons (Fsp3) is 0.625. The molecule has 1 aromatic carbocycles. The van der Waals surface area contributed by atoms with Crippen molar-refractivity contribution in [2.24, 2.45) is 0 Å². The zero-order valence-electron chi connectivity index (χ0n) is 12.5. The van der Waals surface area contributed by atoms with Crippen molar-refractivity contribution < 1.29 is 4.74 Å². The van der Waals surface area contributed by atoms with Crippen LogP contribution in [0.15, 0.2) is 24.3 Å². The fourth-order valence-corrected chi connectivity index (χ4v) is 1.67. The molecule has 0 heterocycles. The molecule has 3 heteroatoms. The number of unbranched alkanes of at least 4 members (excludes halogenated alkanes) is 1. The van der Waals surface area contributed by atoms with Gasteiger partial charge in [-0.3, -0.25) is 0 Å².